The van der Waals surface area contributed by atoms with E-state index in [2.05, 4.69) is 74.4 Å². The van der Waals surface area contributed by atoms with Crippen molar-refractivity contribution < 1.29 is 0 Å². The summed E-state index contributed by atoms with van der Waals surface area (Å²) in [4.78, 5) is 5.08. The fourth-order valence-corrected chi connectivity index (χ4v) is 5.16. The lowest BCUT2D eigenvalue weighted by atomic mass is 9.87. The van der Waals surface area contributed by atoms with Crippen LogP contribution in [0.3, 0.4) is 0 Å². The minimum Gasteiger partial charge on any atom is -0.400 e. The first kappa shape index (κ1) is 21.4. The van der Waals surface area contributed by atoms with Crippen LogP contribution in [0.15, 0.2) is 34.0 Å². The molecule has 0 aliphatic carbocycles. The van der Waals surface area contributed by atoms with E-state index in [0.717, 1.165) is 35.6 Å². The molecule has 29 heavy (non-hydrogen) atoms. The summed E-state index contributed by atoms with van der Waals surface area (Å²) in [5.74, 6) is 0. The quantitative estimate of drug-likeness (QED) is 0.537. The second kappa shape index (κ2) is 7.86. The van der Waals surface area contributed by atoms with Crippen LogP contribution in [-0.4, -0.2) is 18.2 Å². The number of hydrogen-bond donors (Lipinski definition) is 0. The van der Waals surface area contributed by atoms with Gasteiger partial charge < -0.3 is 4.48 Å². The van der Waals surface area contributed by atoms with E-state index in [1.807, 2.05) is 4.48 Å². The Hall–Kier alpha value is -2.29. The number of allylic oxidation sites excluding steroid dienone is 2. The van der Waals surface area contributed by atoms with Crippen molar-refractivity contribution in [2.24, 2.45) is 4.99 Å². The van der Waals surface area contributed by atoms with Gasteiger partial charge in [-0.25, -0.2) is 0 Å². The number of aromatic nitrogens is 1. The van der Waals surface area contributed by atoms with Crippen LogP contribution < -0.4 is 0 Å². The molecule has 0 saturated heterocycles. The minimum absolute atomic E-state index is 0.973. The highest BCUT2D eigenvalue weighted by atomic mass is 14.9. The summed E-state index contributed by atoms with van der Waals surface area (Å²) < 4.78 is 1.89. The summed E-state index contributed by atoms with van der Waals surface area (Å²) in [6.07, 6.45) is 1.96. The molecule has 0 fully saturated rings. The average Bonchev–Trinajstić information content (AvgIpc) is 3.04. The van der Waals surface area contributed by atoms with Crippen molar-refractivity contribution in [2.45, 2.75) is 75.2 Å². The van der Waals surface area contributed by atoms with E-state index in [-0.39, 0.29) is 0 Å². The number of aliphatic imine (C=N–C) groups is 1. The molecule has 3 rings (SSSR count). The van der Waals surface area contributed by atoms with Crippen molar-refractivity contribution in [3.05, 3.63) is 73.7 Å². The molecule has 0 unspecified atom stereocenters. The van der Waals surface area contributed by atoms with Crippen molar-refractivity contribution in [2.75, 3.05) is 0 Å². The SMILES string of the molecule is [B]n1c(C)c(CC)c(C)c1/C(=C1\N=C(C)C(CC)=C1C)c1c(C)cc(C)cc1C. The molecular weight excluding hydrogens is 351 g/mol. The molecule has 0 amide bonds. The largest absolute Gasteiger partial charge is 0.400 e. The third-order valence-corrected chi connectivity index (χ3v) is 6.48. The maximum Gasteiger partial charge on any atom is 0.234 e. The van der Waals surface area contributed by atoms with Crippen molar-refractivity contribution in [3.8, 4) is 0 Å². The van der Waals surface area contributed by atoms with Gasteiger partial charge in [-0.2, -0.15) is 0 Å². The first-order valence-electron chi connectivity index (χ1n) is 10.7. The maximum atomic E-state index is 6.68. The Morgan fingerprint density at radius 2 is 1.52 bits per heavy atom. The Kier molecular flexibility index (Phi) is 5.80. The molecule has 2 radical (unpaired) electrons. The fourth-order valence-electron chi connectivity index (χ4n) is 5.16. The van der Waals surface area contributed by atoms with Gasteiger partial charge in [0.15, 0.2) is 0 Å². The second-order valence-corrected chi connectivity index (χ2v) is 8.41. The molecule has 3 heteroatoms. The Bertz CT molecular complexity index is 1070. The van der Waals surface area contributed by atoms with Crippen LogP contribution in [0.25, 0.3) is 5.57 Å². The predicted octanol–water partition coefficient (Wildman–Crippen LogP) is 6.48. The third-order valence-electron chi connectivity index (χ3n) is 6.48. The molecule has 1 aliphatic rings. The zero-order valence-corrected chi connectivity index (χ0v) is 19.5. The van der Waals surface area contributed by atoms with Gasteiger partial charge in [0, 0.05) is 22.7 Å². The van der Waals surface area contributed by atoms with E-state index in [0.29, 0.717) is 0 Å². The minimum atomic E-state index is 0.973. The predicted molar refractivity (Wildman–Crippen MR) is 127 cm³/mol. The third kappa shape index (κ3) is 3.35. The molecule has 0 spiro atoms. The zero-order valence-electron chi connectivity index (χ0n) is 19.5. The number of aryl methyl sites for hydroxylation is 3. The van der Waals surface area contributed by atoms with E-state index < -0.39 is 0 Å². The van der Waals surface area contributed by atoms with Crippen LogP contribution in [0.2, 0.25) is 0 Å². The Balaban J connectivity index is 2.52. The van der Waals surface area contributed by atoms with Crippen LogP contribution >= 0.6 is 0 Å². The molecule has 2 heterocycles. The summed E-state index contributed by atoms with van der Waals surface area (Å²) in [7, 11) is 6.68. The average molecular weight is 384 g/mol. The van der Waals surface area contributed by atoms with Crippen molar-refractivity contribution in [3.63, 3.8) is 0 Å². The highest BCUT2D eigenvalue weighted by Crippen LogP contribution is 2.41. The van der Waals surface area contributed by atoms with Gasteiger partial charge in [-0.05, 0) is 100 Å². The van der Waals surface area contributed by atoms with Crippen molar-refractivity contribution >= 4 is 19.3 Å². The Labute approximate surface area is 177 Å². The van der Waals surface area contributed by atoms with Gasteiger partial charge in [0.25, 0.3) is 0 Å². The van der Waals surface area contributed by atoms with E-state index in [4.69, 9.17) is 13.0 Å². The van der Waals surface area contributed by atoms with Gasteiger partial charge in [-0.1, -0.05) is 31.5 Å². The van der Waals surface area contributed by atoms with Gasteiger partial charge in [0.05, 0.1) is 5.70 Å². The summed E-state index contributed by atoms with van der Waals surface area (Å²) in [5.41, 5.74) is 15.9. The first-order valence-corrected chi connectivity index (χ1v) is 10.7. The molecule has 1 aromatic carbocycles. The molecule has 0 atom stereocenters. The number of rotatable bonds is 4. The fraction of sp³-hybridized carbons (Fsp3) is 0.423. The van der Waals surface area contributed by atoms with Gasteiger partial charge in [0.2, 0.25) is 7.98 Å². The molecule has 2 nitrogen and oxygen atoms in total. The van der Waals surface area contributed by atoms with Crippen LogP contribution in [0.1, 0.15) is 78.9 Å². The summed E-state index contributed by atoms with van der Waals surface area (Å²) in [5, 5.41) is 0. The standard InChI is InChI=1S/C26H33BN2/c1-10-21-17(6)25(28-19(21)8)24(23-15(4)12-14(3)13-16(23)5)26-18(7)22(11-2)20(9)29(26)27/h12-13H,10-11H2,1-9H3/b25-24-. The number of benzene rings is 1. The van der Waals surface area contributed by atoms with Gasteiger partial charge in [0.1, 0.15) is 0 Å². The maximum absolute atomic E-state index is 6.68. The molecular formula is C26H33BN2. The molecule has 1 aliphatic heterocycles. The van der Waals surface area contributed by atoms with Crippen LogP contribution in [0.4, 0.5) is 0 Å². The lowest BCUT2D eigenvalue weighted by Crippen LogP contribution is -2.07. The van der Waals surface area contributed by atoms with Crippen LogP contribution in [0.5, 0.6) is 0 Å². The highest BCUT2D eigenvalue weighted by molar-refractivity contribution is 6.11. The van der Waals surface area contributed by atoms with Crippen molar-refractivity contribution in [1.82, 2.24) is 4.48 Å². The summed E-state index contributed by atoms with van der Waals surface area (Å²) in [6, 6.07) is 4.53. The second-order valence-electron chi connectivity index (χ2n) is 8.41. The lowest BCUT2D eigenvalue weighted by molar-refractivity contribution is 1.05. The van der Waals surface area contributed by atoms with E-state index in [1.54, 1.807) is 0 Å². The van der Waals surface area contributed by atoms with Gasteiger partial charge in [-0.15, -0.1) is 0 Å². The van der Waals surface area contributed by atoms with Crippen LogP contribution in [0, 0.1) is 34.6 Å². The zero-order chi connectivity index (χ0) is 21.6. The van der Waals surface area contributed by atoms with E-state index >= 15 is 0 Å². The Morgan fingerprint density at radius 3 is 1.97 bits per heavy atom. The topological polar surface area (TPSA) is 17.3 Å². The molecule has 0 N–H and O–H groups in total. The summed E-state index contributed by atoms with van der Waals surface area (Å²) in [6.45, 7) is 19.6. The highest BCUT2D eigenvalue weighted by Gasteiger charge is 2.27. The normalized spacial score (nSPS) is 16.0. The van der Waals surface area contributed by atoms with Gasteiger partial charge >= 0.3 is 0 Å². The lowest BCUT2D eigenvalue weighted by Gasteiger charge is -2.20. The van der Waals surface area contributed by atoms with Crippen LogP contribution in [-0.2, 0) is 6.42 Å². The Morgan fingerprint density at radius 1 is 0.931 bits per heavy atom. The molecule has 150 valence electrons. The number of nitrogens with zero attached hydrogens (tertiary/aromatic N) is 2. The molecule has 1 aromatic heterocycles. The van der Waals surface area contributed by atoms with E-state index in [9.17, 15) is 0 Å². The van der Waals surface area contributed by atoms with E-state index in [1.165, 1.54) is 50.1 Å². The molecule has 0 saturated carbocycles. The number of hydrogen-bond acceptors (Lipinski definition) is 1. The monoisotopic (exact) mass is 384 g/mol. The molecule has 2 aromatic rings. The smallest absolute Gasteiger partial charge is 0.234 e. The van der Waals surface area contributed by atoms with Gasteiger partial charge in [-0.3, -0.25) is 4.99 Å². The first-order chi connectivity index (χ1) is 13.6. The molecule has 0 bridgehead atoms. The summed E-state index contributed by atoms with van der Waals surface area (Å²) >= 11 is 0. The van der Waals surface area contributed by atoms with Crippen molar-refractivity contribution in [1.29, 1.82) is 0 Å².